The number of carbonyl (C=O) groups is 1. The molecule has 0 heterocycles. The summed E-state index contributed by atoms with van der Waals surface area (Å²) < 4.78 is 5.58. The molecule has 0 radical (unpaired) electrons. The molecule has 3 heteroatoms. The van der Waals surface area contributed by atoms with Gasteiger partial charge in [0.15, 0.2) is 0 Å². The fourth-order valence-corrected chi connectivity index (χ4v) is 2.24. The number of unbranched alkanes of at least 4 members (excludes halogenated alkanes) is 1. The lowest BCUT2D eigenvalue weighted by atomic mass is 9.99. The molecular formula is C18H29NO2. The second-order valence-corrected chi connectivity index (χ2v) is 5.82. The van der Waals surface area contributed by atoms with Crippen LogP contribution in [0.5, 0.6) is 5.75 Å². The van der Waals surface area contributed by atoms with Gasteiger partial charge in [0.1, 0.15) is 5.75 Å². The van der Waals surface area contributed by atoms with E-state index >= 15 is 0 Å². The zero-order chi connectivity index (χ0) is 15.7. The van der Waals surface area contributed by atoms with Gasteiger partial charge in [0.05, 0.1) is 6.10 Å². The maximum Gasteiger partial charge on any atom is 0.251 e. The first-order chi connectivity index (χ1) is 10.1. The van der Waals surface area contributed by atoms with Crippen LogP contribution in [0, 0.1) is 5.92 Å². The zero-order valence-electron chi connectivity index (χ0n) is 13.8. The van der Waals surface area contributed by atoms with Gasteiger partial charge >= 0.3 is 0 Å². The molecule has 0 spiro atoms. The minimum Gasteiger partial charge on any atom is -0.491 e. The van der Waals surface area contributed by atoms with E-state index in [2.05, 4.69) is 19.2 Å². The number of amides is 1. The Morgan fingerprint density at radius 2 is 1.86 bits per heavy atom. The molecular weight excluding hydrogens is 262 g/mol. The number of rotatable bonds is 9. The van der Waals surface area contributed by atoms with Crippen molar-refractivity contribution in [3.8, 4) is 5.75 Å². The zero-order valence-corrected chi connectivity index (χ0v) is 13.8. The van der Waals surface area contributed by atoms with Crippen LogP contribution in [0.2, 0.25) is 0 Å². The van der Waals surface area contributed by atoms with Crippen molar-refractivity contribution in [2.24, 2.45) is 5.92 Å². The minimum absolute atomic E-state index is 0.000968. The van der Waals surface area contributed by atoms with Crippen LogP contribution in [0.15, 0.2) is 24.3 Å². The molecule has 1 aromatic carbocycles. The third-order valence-corrected chi connectivity index (χ3v) is 3.58. The van der Waals surface area contributed by atoms with Gasteiger partial charge in [-0.15, -0.1) is 0 Å². The lowest BCUT2D eigenvalue weighted by Crippen LogP contribution is -2.29. The van der Waals surface area contributed by atoms with Gasteiger partial charge in [-0.1, -0.05) is 33.1 Å². The van der Waals surface area contributed by atoms with E-state index in [-0.39, 0.29) is 12.0 Å². The van der Waals surface area contributed by atoms with Gasteiger partial charge in [0.2, 0.25) is 0 Å². The summed E-state index contributed by atoms with van der Waals surface area (Å²) in [6.45, 7) is 9.12. The smallest absolute Gasteiger partial charge is 0.251 e. The van der Waals surface area contributed by atoms with Crippen LogP contribution in [0.1, 0.15) is 63.7 Å². The van der Waals surface area contributed by atoms with Gasteiger partial charge in [0, 0.05) is 12.1 Å². The van der Waals surface area contributed by atoms with Crippen molar-refractivity contribution in [2.75, 3.05) is 6.54 Å². The Balaban J connectivity index is 2.47. The van der Waals surface area contributed by atoms with Gasteiger partial charge in [0.25, 0.3) is 5.91 Å². The highest BCUT2D eigenvalue weighted by atomic mass is 16.5. The molecule has 1 amide bonds. The van der Waals surface area contributed by atoms with Gasteiger partial charge in [-0.2, -0.15) is 0 Å². The van der Waals surface area contributed by atoms with Crippen molar-refractivity contribution in [2.45, 2.75) is 59.5 Å². The molecule has 0 aliphatic heterocycles. The highest BCUT2D eigenvalue weighted by Crippen LogP contribution is 2.15. The summed E-state index contributed by atoms with van der Waals surface area (Å²) in [5, 5.41) is 3.04. The second-order valence-electron chi connectivity index (χ2n) is 5.82. The van der Waals surface area contributed by atoms with Gasteiger partial charge < -0.3 is 10.1 Å². The van der Waals surface area contributed by atoms with E-state index < -0.39 is 0 Å². The first-order valence-corrected chi connectivity index (χ1v) is 8.11. The molecule has 0 saturated carbocycles. The van der Waals surface area contributed by atoms with Crippen LogP contribution in [-0.2, 0) is 0 Å². The number of nitrogens with one attached hydrogen (secondary N) is 1. The quantitative estimate of drug-likeness (QED) is 0.731. The SMILES string of the molecule is CCCC[C@@H](CC)CNC(=O)c1ccc(OC(C)C)cc1. The molecule has 21 heavy (non-hydrogen) atoms. The molecule has 0 aromatic heterocycles. The van der Waals surface area contributed by atoms with Crippen molar-refractivity contribution < 1.29 is 9.53 Å². The third-order valence-electron chi connectivity index (χ3n) is 3.58. The molecule has 1 N–H and O–H groups in total. The van der Waals surface area contributed by atoms with E-state index in [9.17, 15) is 4.79 Å². The summed E-state index contributed by atoms with van der Waals surface area (Å²) in [5.41, 5.74) is 0.691. The highest BCUT2D eigenvalue weighted by Gasteiger charge is 2.10. The average Bonchev–Trinajstić information content (AvgIpc) is 2.47. The Morgan fingerprint density at radius 3 is 2.38 bits per heavy atom. The van der Waals surface area contributed by atoms with Crippen LogP contribution in [0.3, 0.4) is 0 Å². The number of ether oxygens (including phenoxy) is 1. The van der Waals surface area contributed by atoms with Gasteiger partial charge in [-0.25, -0.2) is 0 Å². The lowest BCUT2D eigenvalue weighted by Gasteiger charge is -2.15. The standard InChI is InChI=1S/C18H29NO2/c1-5-7-8-15(6-2)13-19-18(20)16-9-11-17(12-10-16)21-14(3)4/h9-12,14-15H,5-8,13H2,1-4H3,(H,19,20)/t15-/m1/s1. The van der Waals surface area contributed by atoms with E-state index in [4.69, 9.17) is 4.74 Å². The molecule has 118 valence electrons. The summed E-state index contributed by atoms with van der Waals surface area (Å²) in [5.74, 6) is 1.38. The normalized spacial score (nSPS) is 12.2. The summed E-state index contributed by atoms with van der Waals surface area (Å²) in [6.07, 6.45) is 4.89. The molecule has 0 fully saturated rings. The van der Waals surface area contributed by atoms with Crippen LogP contribution in [0.4, 0.5) is 0 Å². The summed E-state index contributed by atoms with van der Waals surface area (Å²) >= 11 is 0. The molecule has 0 aliphatic carbocycles. The Labute approximate surface area is 129 Å². The summed E-state index contributed by atoms with van der Waals surface area (Å²) in [7, 11) is 0. The Bertz CT molecular complexity index is 412. The fraction of sp³-hybridized carbons (Fsp3) is 0.611. The molecule has 0 aliphatic rings. The van der Waals surface area contributed by atoms with Crippen LogP contribution >= 0.6 is 0 Å². The fourth-order valence-electron chi connectivity index (χ4n) is 2.24. The van der Waals surface area contributed by atoms with Gasteiger partial charge in [-0.05, 0) is 50.5 Å². The predicted octanol–water partition coefficient (Wildman–Crippen LogP) is 4.42. The molecule has 1 rings (SSSR count). The van der Waals surface area contributed by atoms with Crippen molar-refractivity contribution in [1.82, 2.24) is 5.32 Å². The van der Waals surface area contributed by atoms with E-state index in [1.54, 1.807) is 0 Å². The summed E-state index contributed by atoms with van der Waals surface area (Å²) in [6, 6.07) is 7.34. The first-order valence-electron chi connectivity index (χ1n) is 8.11. The predicted molar refractivity (Wildman–Crippen MR) is 87.8 cm³/mol. The highest BCUT2D eigenvalue weighted by molar-refractivity contribution is 5.94. The molecule has 1 aromatic rings. The van der Waals surface area contributed by atoms with Crippen molar-refractivity contribution in [1.29, 1.82) is 0 Å². The molecule has 3 nitrogen and oxygen atoms in total. The maximum absolute atomic E-state index is 12.1. The van der Waals surface area contributed by atoms with Crippen LogP contribution in [-0.4, -0.2) is 18.6 Å². The van der Waals surface area contributed by atoms with Crippen LogP contribution < -0.4 is 10.1 Å². The number of hydrogen-bond acceptors (Lipinski definition) is 2. The van der Waals surface area contributed by atoms with Crippen LogP contribution in [0.25, 0.3) is 0 Å². The molecule has 1 atom stereocenters. The van der Waals surface area contributed by atoms with Crippen molar-refractivity contribution in [3.05, 3.63) is 29.8 Å². The van der Waals surface area contributed by atoms with E-state index in [0.717, 1.165) is 18.7 Å². The number of hydrogen-bond donors (Lipinski definition) is 1. The minimum atomic E-state index is 0.000968. The van der Waals surface area contributed by atoms with E-state index in [0.29, 0.717) is 11.5 Å². The lowest BCUT2D eigenvalue weighted by molar-refractivity contribution is 0.0946. The van der Waals surface area contributed by atoms with E-state index in [1.807, 2.05) is 38.1 Å². The van der Waals surface area contributed by atoms with Crippen molar-refractivity contribution >= 4 is 5.91 Å². The number of carbonyl (C=O) groups excluding carboxylic acids is 1. The molecule has 0 bridgehead atoms. The Hall–Kier alpha value is -1.51. The first kappa shape index (κ1) is 17.5. The largest absolute Gasteiger partial charge is 0.491 e. The number of benzene rings is 1. The molecule has 0 saturated heterocycles. The van der Waals surface area contributed by atoms with E-state index in [1.165, 1.54) is 19.3 Å². The topological polar surface area (TPSA) is 38.3 Å². The maximum atomic E-state index is 12.1. The van der Waals surface area contributed by atoms with Gasteiger partial charge in [-0.3, -0.25) is 4.79 Å². The third kappa shape index (κ3) is 6.65. The average molecular weight is 291 g/mol. The monoisotopic (exact) mass is 291 g/mol. The molecule has 0 unspecified atom stereocenters. The Kier molecular flexibility index (Phi) is 7.88. The summed E-state index contributed by atoms with van der Waals surface area (Å²) in [4.78, 5) is 12.1. The second kappa shape index (κ2) is 9.43. The van der Waals surface area contributed by atoms with Crippen molar-refractivity contribution in [3.63, 3.8) is 0 Å². The Morgan fingerprint density at radius 1 is 1.19 bits per heavy atom.